The van der Waals surface area contributed by atoms with Gasteiger partial charge in [0.05, 0.1) is 48.7 Å². The number of phenolic OH excluding ortho intramolecular Hbond substituents is 1. The van der Waals surface area contributed by atoms with E-state index in [0.29, 0.717) is 0 Å². The number of fused-ring (bicyclic) bond motifs is 8. The molecule has 8 atom stereocenters. The molecule has 0 unspecified atom stereocenters. The Bertz CT molecular complexity index is 1600. The van der Waals surface area contributed by atoms with Crippen LogP contribution in [-0.4, -0.2) is 106 Å². The number of hydrogen-bond donors (Lipinski definition) is 5. The fourth-order valence-corrected chi connectivity index (χ4v) is 7.22. The predicted molar refractivity (Wildman–Crippen MR) is 145 cm³/mol. The Morgan fingerprint density at radius 1 is 1.05 bits per heavy atom. The number of esters is 1. The minimum atomic E-state index is -1.82. The summed E-state index contributed by atoms with van der Waals surface area (Å²) in [5.74, 6) is -4.75. The minimum Gasteiger partial charge on any atom is -0.507 e. The van der Waals surface area contributed by atoms with Gasteiger partial charge in [-0.05, 0) is 45.6 Å². The van der Waals surface area contributed by atoms with Gasteiger partial charge >= 0.3 is 5.97 Å². The summed E-state index contributed by atoms with van der Waals surface area (Å²) in [7, 11) is 5.76. The number of nitrogens with zero attached hydrogens (tertiary/aromatic N) is 1. The van der Waals surface area contributed by atoms with E-state index in [4.69, 9.17) is 18.9 Å². The lowest BCUT2D eigenvalue weighted by Crippen LogP contribution is -2.68. The number of rotatable bonds is 3. The van der Waals surface area contributed by atoms with E-state index in [2.05, 4.69) is 0 Å². The van der Waals surface area contributed by atoms with E-state index in [0.717, 1.165) is 7.11 Å². The molecule has 13 nitrogen and oxygen atoms in total. The zero-order valence-electron chi connectivity index (χ0n) is 24.4. The highest BCUT2D eigenvalue weighted by Crippen LogP contribution is 2.55. The number of ether oxygens (including phenoxy) is 4. The fraction of sp³-hybridized carbons (Fsp3) is 0.500. The lowest BCUT2D eigenvalue weighted by atomic mass is 9.68. The van der Waals surface area contributed by atoms with E-state index in [-0.39, 0.29) is 51.3 Å². The van der Waals surface area contributed by atoms with Gasteiger partial charge in [-0.3, -0.25) is 14.4 Å². The van der Waals surface area contributed by atoms with Crippen LogP contribution in [-0.2, 0) is 19.9 Å². The van der Waals surface area contributed by atoms with Gasteiger partial charge in [-0.15, -0.1) is 0 Å². The lowest BCUT2D eigenvalue weighted by Gasteiger charge is -2.54. The van der Waals surface area contributed by atoms with Crippen molar-refractivity contribution in [2.24, 2.45) is 0 Å². The molecule has 2 aromatic rings. The second-order valence-electron chi connectivity index (χ2n) is 12.1. The summed E-state index contributed by atoms with van der Waals surface area (Å²) in [4.78, 5) is 43.0. The van der Waals surface area contributed by atoms with Crippen molar-refractivity contribution in [1.82, 2.24) is 4.90 Å². The summed E-state index contributed by atoms with van der Waals surface area (Å²) >= 11 is 0. The molecule has 230 valence electrons. The van der Waals surface area contributed by atoms with Crippen molar-refractivity contribution in [3.63, 3.8) is 0 Å². The number of aliphatic hydroxyl groups is 4. The number of benzene rings is 2. The molecule has 0 amide bonds. The maximum absolute atomic E-state index is 14.4. The maximum atomic E-state index is 14.4. The highest BCUT2D eigenvalue weighted by molar-refractivity contribution is 6.31. The molecule has 5 N–H and O–H groups in total. The third-order valence-electron chi connectivity index (χ3n) is 9.31. The zero-order valence-corrected chi connectivity index (χ0v) is 24.4. The van der Waals surface area contributed by atoms with Gasteiger partial charge in [0.2, 0.25) is 12.1 Å². The molecule has 2 heterocycles. The van der Waals surface area contributed by atoms with E-state index >= 15 is 0 Å². The van der Waals surface area contributed by atoms with Gasteiger partial charge < -0.3 is 49.4 Å². The van der Waals surface area contributed by atoms with Crippen molar-refractivity contribution >= 4 is 17.5 Å². The summed E-state index contributed by atoms with van der Waals surface area (Å²) in [5.41, 5.74) is -4.55. The molecule has 43 heavy (non-hydrogen) atoms. The van der Waals surface area contributed by atoms with Crippen molar-refractivity contribution < 1.29 is 58.9 Å². The molecule has 4 aliphatic rings. The number of phenols is 1. The smallest absolute Gasteiger partial charge is 0.316 e. The van der Waals surface area contributed by atoms with E-state index in [1.165, 1.54) is 26.2 Å². The number of carbonyl (C=O) groups excluding carboxylic acids is 3. The van der Waals surface area contributed by atoms with Crippen LogP contribution < -0.4 is 9.47 Å². The van der Waals surface area contributed by atoms with Gasteiger partial charge in [-0.25, -0.2) is 0 Å². The fourth-order valence-electron chi connectivity index (χ4n) is 7.22. The van der Waals surface area contributed by atoms with Gasteiger partial charge in [0, 0.05) is 23.1 Å². The largest absolute Gasteiger partial charge is 0.507 e. The standard InChI is InChI=1S/C30H33NO12/c1-29(39)9-13(32)15-10(19(29)27(38)41-6)7-11-16(22(15)34)23(35)17-14(40-5)8-12-25(18(17)21(11)33)42-28-24(36)20(31(3)4)26(37)30(12,2)43-28/h7-8,13,19-20,24,26,28,32,34,36-37,39H,9H2,1-6H3/t13-,19-,20+,24-,26+,28-,29-,30-/m1/s1. The van der Waals surface area contributed by atoms with Gasteiger partial charge in [0.15, 0.2) is 5.78 Å². The van der Waals surface area contributed by atoms with Crippen LogP contribution in [0.15, 0.2) is 12.1 Å². The second-order valence-corrected chi connectivity index (χ2v) is 12.1. The van der Waals surface area contributed by atoms with Gasteiger partial charge in [-0.2, -0.15) is 0 Å². The quantitative estimate of drug-likeness (QED) is 0.257. The average molecular weight is 600 g/mol. The van der Waals surface area contributed by atoms with Crippen LogP contribution in [0.4, 0.5) is 0 Å². The van der Waals surface area contributed by atoms with E-state index in [9.17, 15) is 39.9 Å². The Kier molecular flexibility index (Phi) is 6.48. The molecule has 1 saturated heterocycles. The monoisotopic (exact) mass is 599 g/mol. The second kappa shape index (κ2) is 9.45. The van der Waals surface area contributed by atoms with Crippen molar-refractivity contribution in [3.05, 3.63) is 51.1 Å². The van der Waals surface area contributed by atoms with E-state index in [1.807, 2.05) is 0 Å². The molecule has 2 aliphatic carbocycles. The SMILES string of the molecule is COC(=O)[C@H]1c2cc3c(c(O)c2[C@H](O)C[C@@]1(C)O)C(=O)c1c(OC)cc2c(c1C3=O)O[C@@H]1O[C@@]2(C)[C@@H](O)[C@@H](N(C)C)[C@H]1O. The number of ketones is 2. The van der Waals surface area contributed by atoms with Crippen molar-refractivity contribution in [1.29, 1.82) is 0 Å². The molecule has 0 radical (unpaired) electrons. The number of hydrogen-bond acceptors (Lipinski definition) is 13. The third kappa shape index (κ3) is 3.76. The van der Waals surface area contributed by atoms with Crippen LogP contribution in [0.2, 0.25) is 0 Å². The summed E-state index contributed by atoms with van der Waals surface area (Å²) in [6.45, 7) is 2.90. The normalized spacial score (nSPS) is 34.0. The van der Waals surface area contributed by atoms with Crippen LogP contribution in [0.5, 0.6) is 17.2 Å². The molecular formula is C30H33NO12. The van der Waals surface area contributed by atoms with Gasteiger partial charge in [0.1, 0.15) is 41.0 Å². The summed E-state index contributed by atoms with van der Waals surface area (Å²) in [6, 6.07) is 1.81. The van der Waals surface area contributed by atoms with E-state index in [1.54, 1.807) is 25.9 Å². The van der Waals surface area contributed by atoms with Crippen LogP contribution in [0.3, 0.4) is 0 Å². The molecule has 6 rings (SSSR count). The molecular weight excluding hydrogens is 566 g/mol. The van der Waals surface area contributed by atoms with Crippen LogP contribution in [0.1, 0.15) is 80.8 Å². The third-order valence-corrected chi connectivity index (χ3v) is 9.31. The van der Waals surface area contributed by atoms with Crippen molar-refractivity contribution in [2.45, 2.75) is 68.0 Å². The Hall–Kier alpha value is -3.59. The van der Waals surface area contributed by atoms with Crippen molar-refractivity contribution in [3.8, 4) is 17.2 Å². The number of aromatic hydroxyl groups is 1. The van der Waals surface area contributed by atoms with Crippen LogP contribution in [0.25, 0.3) is 0 Å². The number of methoxy groups -OCH3 is 2. The highest BCUT2D eigenvalue weighted by atomic mass is 16.7. The van der Waals surface area contributed by atoms with Crippen molar-refractivity contribution in [2.75, 3.05) is 28.3 Å². The Morgan fingerprint density at radius 2 is 1.72 bits per heavy atom. The number of carbonyl (C=O) groups is 3. The predicted octanol–water partition coefficient (Wildman–Crippen LogP) is 0.237. The first kappa shape index (κ1) is 29.5. The molecule has 2 aromatic carbocycles. The molecule has 1 fully saturated rings. The Morgan fingerprint density at radius 3 is 2.33 bits per heavy atom. The molecule has 0 aromatic heterocycles. The maximum Gasteiger partial charge on any atom is 0.316 e. The first-order chi connectivity index (χ1) is 20.1. The van der Waals surface area contributed by atoms with E-state index < -0.39 is 76.6 Å². The molecule has 2 bridgehead atoms. The summed E-state index contributed by atoms with van der Waals surface area (Å²) in [5, 5.41) is 55.9. The average Bonchev–Trinajstić information content (AvgIpc) is 2.92. The highest BCUT2D eigenvalue weighted by Gasteiger charge is 2.59. The number of aliphatic hydroxyl groups excluding tert-OH is 3. The van der Waals surface area contributed by atoms with Crippen LogP contribution in [0, 0.1) is 0 Å². The van der Waals surface area contributed by atoms with Gasteiger partial charge in [0.25, 0.3) is 0 Å². The summed E-state index contributed by atoms with van der Waals surface area (Å²) in [6.07, 6.45) is -5.79. The zero-order chi connectivity index (χ0) is 31.5. The molecule has 0 saturated carbocycles. The lowest BCUT2D eigenvalue weighted by molar-refractivity contribution is -0.311. The topological polar surface area (TPSA) is 193 Å². The van der Waals surface area contributed by atoms with Gasteiger partial charge in [-0.1, -0.05) is 0 Å². The molecule has 2 aliphatic heterocycles. The first-order valence-corrected chi connectivity index (χ1v) is 13.7. The number of likely N-dealkylation sites (N-methyl/N-ethyl adjacent to an activating group) is 1. The first-order valence-electron chi connectivity index (χ1n) is 13.7. The molecule has 13 heteroatoms. The minimum absolute atomic E-state index is 0.0580. The summed E-state index contributed by atoms with van der Waals surface area (Å²) < 4.78 is 22.5. The Labute approximate surface area is 246 Å². The molecule has 0 spiro atoms. The Balaban J connectivity index is 1.62. The van der Waals surface area contributed by atoms with Crippen LogP contribution >= 0.6 is 0 Å².